The number of hydrogen-bond donors (Lipinski definition) is 3. The third-order valence-corrected chi connectivity index (χ3v) is 1.75. The highest BCUT2D eigenvalue weighted by Crippen LogP contribution is 2.00. The van der Waals surface area contributed by atoms with Crippen LogP contribution in [0.5, 0.6) is 0 Å². The molecule has 7 nitrogen and oxygen atoms in total. The van der Waals surface area contributed by atoms with Crippen LogP contribution in [-0.4, -0.2) is 39.5 Å². The second-order valence-electron chi connectivity index (χ2n) is 3.67. The second-order valence-corrected chi connectivity index (χ2v) is 3.67. The molecule has 0 aromatic carbocycles. The fraction of sp³-hybridized carbons (Fsp3) is 0.400. The quantitative estimate of drug-likeness (QED) is 0.672. The Morgan fingerprint density at radius 3 is 2.53 bits per heavy atom. The highest BCUT2D eigenvalue weighted by molar-refractivity contribution is 5.85. The van der Waals surface area contributed by atoms with Crippen LogP contribution >= 0.6 is 0 Å². The van der Waals surface area contributed by atoms with Crippen molar-refractivity contribution in [3.8, 4) is 0 Å². The maximum absolute atomic E-state index is 11.3. The number of aromatic nitrogens is 2. The van der Waals surface area contributed by atoms with E-state index in [4.69, 9.17) is 5.11 Å². The second kappa shape index (κ2) is 5.78. The summed E-state index contributed by atoms with van der Waals surface area (Å²) in [7, 11) is 0. The molecular formula is C10H14N4O3. The van der Waals surface area contributed by atoms with E-state index in [0.29, 0.717) is 5.82 Å². The van der Waals surface area contributed by atoms with Gasteiger partial charge in [0.15, 0.2) is 5.69 Å². The average molecular weight is 238 g/mol. The lowest BCUT2D eigenvalue weighted by molar-refractivity contribution is -0.119. The molecule has 0 fully saturated rings. The molecule has 92 valence electrons. The lowest BCUT2D eigenvalue weighted by Crippen LogP contribution is -2.35. The summed E-state index contributed by atoms with van der Waals surface area (Å²) < 4.78 is 0. The standard InChI is InChI=1S/C10H14N4O3/c1-6(2)14-9(15)5-13-8-4-11-7(3-12-8)10(16)17/h3-4,6H,5H2,1-2H3,(H,12,13)(H,14,15)(H,16,17). The Kier molecular flexibility index (Phi) is 4.38. The number of carbonyl (C=O) groups excluding carboxylic acids is 1. The zero-order valence-electron chi connectivity index (χ0n) is 9.60. The van der Waals surface area contributed by atoms with Crippen molar-refractivity contribution < 1.29 is 14.7 Å². The first-order valence-corrected chi connectivity index (χ1v) is 5.07. The van der Waals surface area contributed by atoms with Gasteiger partial charge in [0, 0.05) is 6.04 Å². The van der Waals surface area contributed by atoms with Crippen LogP contribution in [0.1, 0.15) is 24.3 Å². The van der Waals surface area contributed by atoms with E-state index in [1.165, 1.54) is 6.20 Å². The van der Waals surface area contributed by atoms with E-state index in [-0.39, 0.29) is 24.2 Å². The van der Waals surface area contributed by atoms with Crippen molar-refractivity contribution in [3.63, 3.8) is 0 Å². The topological polar surface area (TPSA) is 104 Å². The monoisotopic (exact) mass is 238 g/mol. The molecule has 3 N–H and O–H groups in total. The van der Waals surface area contributed by atoms with Gasteiger partial charge in [0.25, 0.3) is 0 Å². The van der Waals surface area contributed by atoms with Gasteiger partial charge in [-0.15, -0.1) is 0 Å². The number of hydrogen-bond acceptors (Lipinski definition) is 5. The summed E-state index contributed by atoms with van der Waals surface area (Å²) in [6, 6.07) is 0.0739. The molecule has 7 heteroatoms. The average Bonchev–Trinajstić information content (AvgIpc) is 2.26. The number of carboxylic acid groups (broad SMARTS) is 1. The molecule has 1 heterocycles. The molecule has 1 aromatic heterocycles. The molecule has 0 aliphatic rings. The van der Waals surface area contributed by atoms with Crippen molar-refractivity contribution in [1.29, 1.82) is 0 Å². The van der Waals surface area contributed by atoms with Gasteiger partial charge in [-0.2, -0.15) is 0 Å². The van der Waals surface area contributed by atoms with Gasteiger partial charge in [0.1, 0.15) is 5.82 Å². The Morgan fingerprint density at radius 1 is 1.35 bits per heavy atom. The summed E-state index contributed by atoms with van der Waals surface area (Å²) in [4.78, 5) is 29.3. The molecule has 0 spiro atoms. The summed E-state index contributed by atoms with van der Waals surface area (Å²) in [5.41, 5.74) is -0.137. The summed E-state index contributed by atoms with van der Waals surface area (Å²) >= 11 is 0. The van der Waals surface area contributed by atoms with Gasteiger partial charge in [0.05, 0.1) is 18.9 Å². The third kappa shape index (κ3) is 4.45. The van der Waals surface area contributed by atoms with E-state index in [1.807, 2.05) is 13.8 Å². The van der Waals surface area contributed by atoms with Crippen molar-refractivity contribution in [2.45, 2.75) is 19.9 Å². The molecule has 1 amide bonds. The number of nitrogens with zero attached hydrogens (tertiary/aromatic N) is 2. The molecular weight excluding hydrogens is 224 g/mol. The van der Waals surface area contributed by atoms with Gasteiger partial charge in [-0.05, 0) is 13.8 Å². The molecule has 17 heavy (non-hydrogen) atoms. The molecule has 0 aliphatic heterocycles. The van der Waals surface area contributed by atoms with Gasteiger partial charge in [-0.1, -0.05) is 0 Å². The molecule has 1 rings (SSSR count). The fourth-order valence-corrected chi connectivity index (χ4v) is 1.07. The van der Waals surface area contributed by atoms with E-state index in [2.05, 4.69) is 20.6 Å². The lowest BCUT2D eigenvalue weighted by Gasteiger charge is -2.09. The number of amides is 1. The number of anilines is 1. The predicted octanol–water partition coefficient (Wildman–Crippen LogP) is 0.111. The number of rotatable bonds is 5. The Labute approximate surface area is 98.3 Å². The van der Waals surface area contributed by atoms with Crippen molar-refractivity contribution >= 4 is 17.7 Å². The highest BCUT2D eigenvalue weighted by atomic mass is 16.4. The lowest BCUT2D eigenvalue weighted by atomic mass is 10.4. The zero-order chi connectivity index (χ0) is 12.8. The van der Waals surface area contributed by atoms with Crippen LogP contribution in [-0.2, 0) is 4.79 Å². The van der Waals surface area contributed by atoms with Crippen LogP contribution in [0.2, 0.25) is 0 Å². The summed E-state index contributed by atoms with van der Waals surface area (Å²) in [5.74, 6) is -0.945. The summed E-state index contributed by atoms with van der Waals surface area (Å²) in [6.45, 7) is 3.79. The SMILES string of the molecule is CC(C)NC(=O)CNc1cnc(C(=O)O)cn1. The van der Waals surface area contributed by atoms with E-state index < -0.39 is 5.97 Å². The number of carbonyl (C=O) groups is 2. The largest absolute Gasteiger partial charge is 0.476 e. The van der Waals surface area contributed by atoms with Crippen LogP contribution in [0, 0.1) is 0 Å². The van der Waals surface area contributed by atoms with Crippen LogP contribution in [0.25, 0.3) is 0 Å². The summed E-state index contributed by atoms with van der Waals surface area (Å²) in [5, 5.41) is 14.0. The minimum absolute atomic E-state index is 0.0687. The first-order valence-electron chi connectivity index (χ1n) is 5.07. The minimum Gasteiger partial charge on any atom is -0.476 e. The van der Waals surface area contributed by atoms with Crippen molar-refractivity contribution in [2.75, 3.05) is 11.9 Å². The van der Waals surface area contributed by atoms with Gasteiger partial charge >= 0.3 is 5.97 Å². The number of nitrogens with one attached hydrogen (secondary N) is 2. The van der Waals surface area contributed by atoms with Gasteiger partial charge in [-0.25, -0.2) is 14.8 Å². The fourth-order valence-electron chi connectivity index (χ4n) is 1.07. The zero-order valence-corrected chi connectivity index (χ0v) is 9.60. The molecule has 0 saturated carbocycles. The van der Waals surface area contributed by atoms with Crippen LogP contribution < -0.4 is 10.6 Å². The van der Waals surface area contributed by atoms with Crippen LogP contribution in [0.15, 0.2) is 12.4 Å². The van der Waals surface area contributed by atoms with Gasteiger partial charge < -0.3 is 15.7 Å². The molecule has 1 aromatic rings. The number of carboxylic acids is 1. The van der Waals surface area contributed by atoms with Crippen molar-refractivity contribution in [1.82, 2.24) is 15.3 Å². The smallest absolute Gasteiger partial charge is 0.356 e. The number of aromatic carboxylic acids is 1. The highest BCUT2D eigenvalue weighted by Gasteiger charge is 2.06. The van der Waals surface area contributed by atoms with Crippen LogP contribution in [0.3, 0.4) is 0 Å². The third-order valence-electron chi connectivity index (χ3n) is 1.75. The summed E-state index contributed by atoms with van der Waals surface area (Å²) in [6.07, 6.45) is 2.40. The molecule has 0 atom stereocenters. The molecule has 0 bridgehead atoms. The molecule has 0 unspecified atom stereocenters. The Morgan fingerprint density at radius 2 is 2.06 bits per heavy atom. The van der Waals surface area contributed by atoms with E-state index in [0.717, 1.165) is 6.20 Å². The van der Waals surface area contributed by atoms with E-state index in [9.17, 15) is 9.59 Å². The molecule has 0 saturated heterocycles. The van der Waals surface area contributed by atoms with Crippen molar-refractivity contribution in [3.05, 3.63) is 18.1 Å². The molecule has 0 aliphatic carbocycles. The molecule has 0 radical (unpaired) electrons. The Bertz CT molecular complexity index is 403. The Balaban J connectivity index is 2.47. The first-order chi connectivity index (χ1) is 7.99. The van der Waals surface area contributed by atoms with Crippen molar-refractivity contribution in [2.24, 2.45) is 0 Å². The maximum atomic E-state index is 11.3. The van der Waals surface area contributed by atoms with E-state index in [1.54, 1.807) is 0 Å². The predicted molar refractivity (Wildman–Crippen MR) is 60.8 cm³/mol. The minimum atomic E-state index is -1.14. The van der Waals surface area contributed by atoms with Gasteiger partial charge in [-0.3, -0.25) is 4.79 Å². The van der Waals surface area contributed by atoms with E-state index >= 15 is 0 Å². The first kappa shape index (κ1) is 12.9. The van der Waals surface area contributed by atoms with Gasteiger partial charge in [0.2, 0.25) is 5.91 Å². The Hall–Kier alpha value is -2.18. The normalized spacial score (nSPS) is 10.1. The van der Waals surface area contributed by atoms with Crippen LogP contribution in [0.4, 0.5) is 5.82 Å². The maximum Gasteiger partial charge on any atom is 0.356 e.